The number of guanidine groups is 1. The lowest BCUT2D eigenvalue weighted by Gasteiger charge is -2.44. The second-order valence-corrected chi connectivity index (χ2v) is 7.83. The van der Waals surface area contributed by atoms with Crippen molar-refractivity contribution in [1.82, 2.24) is 15.5 Å². The van der Waals surface area contributed by atoms with Crippen LogP contribution in [-0.4, -0.2) is 61.7 Å². The van der Waals surface area contributed by atoms with Crippen molar-refractivity contribution in [2.24, 2.45) is 4.99 Å². The van der Waals surface area contributed by atoms with E-state index in [-0.39, 0.29) is 18.1 Å². The van der Waals surface area contributed by atoms with Gasteiger partial charge >= 0.3 is 0 Å². The van der Waals surface area contributed by atoms with Crippen molar-refractivity contribution in [3.63, 3.8) is 0 Å². The molecule has 2 fully saturated rings. The number of carbonyl (C=O) groups excluding carboxylic acids is 1. The zero-order valence-corrected chi connectivity index (χ0v) is 16.4. The van der Waals surface area contributed by atoms with E-state index in [2.05, 4.69) is 29.5 Å². The highest BCUT2D eigenvalue weighted by molar-refractivity contribution is 5.85. The van der Waals surface area contributed by atoms with Crippen LogP contribution in [0, 0.1) is 0 Å². The summed E-state index contributed by atoms with van der Waals surface area (Å²) in [5.41, 5.74) is 0.0646. The van der Waals surface area contributed by atoms with E-state index in [1.165, 1.54) is 32.1 Å². The molecule has 6 heteroatoms. The number of nitrogens with one attached hydrogen (secondary N) is 2. The number of nitrogens with zero attached hydrogens (tertiary/aromatic N) is 2. The Morgan fingerprint density at radius 3 is 2.68 bits per heavy atom. The maximum absolute atomic E-state index is 11.9. The SMILES string of the molecule is CCC(C)NC(=NCC(=O)N(C)C)NC1CCOC2(CCCCC2)C1. The highest BCUT2D eigenvalue weighted by atomic mass is 16.5. The third-order valence-electron chi connectivity index (χ3n) is 5.47. The van der Waals surface area contributed by atoms with Crippen LogP contribution in [0.1, 0.15) is 65.2 Å². The summed E-state index contributed by atoms with van der Waals surface area (Å²) in [7, 11) is 3.52. The molecule has 0 aromatic heterocycles. The zero-order chi connectivity index (χ0) is 18.3. The number of rotatable bonds is 5. The summed E-state index contributed by atoms with van der Waals surface area (Å²) >= 11 is 0. The topological polar surface area (TPSA) is 66.0 Å². The summed E-state index contributed by atoms with van der Waals surface area (Å²) in [5, 5.41) is 7.00. The maximum atomic E-state index is 11.9. The molecule has 0 bridgehead atoms. The van der Waals surface area contributed by atoms with Gasteiger partial charge in [-0.25, -0.2) is 4.99 Å². The van der Waals surface area contributed by atoms with Crippen molar-refractivity contribution in [2.45, 2.75) is 82.9 Å². The monoisotopic (exact) mass is 352 g/mol. The third kappa shape index (κ3) is 6.17. The van der Waals surface area contributed by atoms with Crippen LogP contribution in [0.5, 0.6) is 0 Å². The number of amides is 1. The lowest BCUT2D eigenvalue weighted by molar-refractivity contribution is -0.127. The molecule has 2 unspecified atom stereocenters. The summed E-state index contributed by atoms with van der Waals surface area (Å²) in [6.07, 6.45) is 9.27. The van der Waals surface area contributed by atoms with Gasteiger partial charge in [0.05, 0.1) is 5.60 Å². The first-order chi connectivity index (χ1) is 11.9. The van der Waals surface area contributed by atoms with E-state index < -0.39 is 0 Å². The number of likely N-dealkylation sites (N-methyl/N-ethyl adjacent to an activating group) is 1. The number of carbonyl (C=O) groups is 1. The second kappa shape index (κ2) is 9.41. The second-order valence-electron chi connectivity index (χ2n) is 7.83. The first-order valence-corrected chi connectivity index (χ1v) is 9.86. The van der Waals surface area contributed by atoms with E-state index in [9.17, 15) is 4.79 Å². The molecule has 2 rings (SSSR count). The van der Waals surface area contributed by atoms with Gasteiger partial charge in [0, 0.05) is 32.8 Å². The number of ether oxygens (including phenoxy) is 1. The minimum atomic E-state index is 0.0148. The van der Waals surface area contributed by atoms with Crippen LogP contribution in [-0.2, 0) is 9.53 Å². The van der Waals surface area contributed by atoms with Crippen LogP contribution >= 0.6 is 0 Å². The van der Waals surface area contributed by atoms with Gasteiger partial charge < -0.3 is 20.3 Å². The van der Waals surface area contributed by atoms with Gasteiger partial charge in [0.2, 0.25) is 5.91 Å². The molecule has 6 nitrogen and oxygen atoms in total. The minimum Gasteiger partial charge on any atom is -0.375 e. The Bertz CT molecular complexity index is 453. The molecular weight excluding hydrogens is 316 g/mol. The van der Waals surface area contributed by atoms with Crippen LogP contribution in [0.25, 0.3) is 0 Å². The van der Waals surface area contributed by atoms with Crippen molar-refractivity contribution in [1.29, 1.82) is 0 Å². The normalized spacial score (nSPS) is 24.6. The minimum absolute atomic E-state index is 0.0148. The third-order valence-corrected chi connectivity index (χ3v) is 5.47. The average molecular weight is 353 g/mol. The molecule has 2 aliphatic rings. The lowest BCUT2D eigenvalue weighted by Crippen LogP contribution is -2.53. The van der Waals surface area contributed by atoms with Gasteiger partial charge in [-0.3, -0.25) is 4.79 Å². The Balaban J connectivity index is 1.99. The van der Waals surface area contributed by atoms with E-state index in [1.807, 2.05) is 0 Å². The molecule has 0 aromatic carbocycles. The first kappa shape index (κ1) is 20.0. The van der Waals surface area contributed by atoms with Gasteiger partial charge in [0.15, 0.2) is 5.96 Å². The highest BCUT2D eigenvalue weighted by Crippen LogP contribution is 2.38. The van der Waals surface area contributed by atoms with Gasteiger partial charge in [-0.2, -0.15) is 0 Å². The number of hydrogen-bond donors (Lipinski definition) is 2. The smallest absolute Gasteiger partial charge is 0.243 e. The Hall–Kier alpha value is -1.30. The predicted molar refractivity (Wildman–Crippen MR) is 102 cm³/mol. The molecule has 25 heavy (non-hydrogen) atoms. The Kier molecular flexibility index (Phi) is 7.54. The van der Waals surface area contributed by atoms with Gasteiger partial charge in [-0.15, -0.1) is 0 Å². The molecule has 144 valence electrons. The maximum Gasteiger partial charge on any atom is 0.243 e. The molecule has 1 heterocycles. The van der Waals surface area contributed by atoms with Crippen LogP contribution in [0.3, 0.4) is 0 Å². The van der Waals surface area contributed by atoms with Crippen LogP contribution < -0.4 is 10.6 Å². The largest absolute Gasteiger partial charge is 0.375 e. The molecule has 1 amide bonds. The summed E-state index contributed by atoms with van der Waals surface area (Å²) in [5.74, 6) is 0.767. The van der Waals surface area contributed by atoms with Crippen LogP contribution in [0.15, 0.2) is 4.99 Å². The predicted octanol–water partition coefficient (Wildman–Crippen LogP) is 2.29. The Morgan fingerprint density at radius 1 is 1.32 bits per heavy atom. The molecule has 1 spiro atoms. The van der Waals surface area contributed by atoms with Gasteiger partial charge in [-0.1, -0.05) is 26.2 Å². The molecule has 2 N–H and O–H groups in total. The summed E-state index contributed by atoms with van der Waals surface area (Å²) in [6.45, 7) is 5.27. The fraction of sp³-hybridized carbons (Fsp3) is 0.895. The molecule has 1 aliphatic carbocycles. The fourth-order valence-electron chi connectivity index (χ4n) is 3.65. The molecular formula is C19H36N4O2. The highest BCUT2D eigenvalue weighted by Gasteiger charge is 2.38. The van der Waals surface area contributed by atoms with Crippen molar-refractivity contribution in [3.05, 3.63) is 0 Å². The zero-order valence-electron chi connectivity index (χ0n) is 16.4. The van der Waals surface area contributed by atoms with Crippen molar-refractivity contribution in [2.75, 3.05) is 27.2 Å². The van der Waals surface area contributed by atoms with Crippen molar-refractivity contribution >= 4 is 11.9 Å². The van der Waals surface area contributed by atoms with E-state index in [1.54, 1.807) is 19.0 Å². The van der Waals surface area contributed by atoms with E-state index in [0.29, 0.717) is 12.1 Å². The van der Waals surface area contributed by atoms with Gasteiger partial charge in [0.25, 0.3) is 0 Å². The molecule has 1 saturated heterocycles. The van der Waals surface area contributed by atoms with E-state index in [4.69, 9.17) is 4.74 Å². The molecule has 2 atom stereocenters. The van der Waals surface area contributed by atoms with Gasteiger partial charge in [-0.05, 0) is 39.0 Å². The summed E-state index contributed by atoms with van der Waals surface area (Å²) in [4.78, 5) is 18.0. The molecule has 1 aliphatic heterocycles. The van der Waals surface area contributed by atoms with E-state index in [0.717, 1.165) is 31.8 Å². The first-order valence-electron chi connectivity index (χ1n) is 9.86. The quantitative estimate of drug-likeness (QED) is 0.588. The van der Waals surface area contributed by atoms with E-state index >= 15 is 0 Å². The van der Waals surface area contributed by atoms with Crippen LogP contribution in [0.4, 0.5) is 0 Å². The molecule has 0 aromatic rings. The molecule has 0 radical (unpaired) electrons. The average Bonchev–Trinajstić information content (AvgIpc) is 2.59. The molecule has 1 saturated carbocycles. The lowest BCUT2D eigenvalue weighted by atomic mass is 9.78. The Morgan fingerprint density at radius 2 is 2.04 bits per heavy atom. The van der Waals surface area contributed by atoms with Crippen molar-refractivity contribution in [3.8, 4) is 0 Å². The van der Waals surface area contributed by atoms with Gasteiger partial charge in [0.1, 0.15) is 6.54 Å². The fourth-order valence-corrected chi connectivity index (χ4v) is 3.65. The van der Waals surface area contributed by atoms with Crippen LogP contribution in [0.2, 0.25) is 0 Å². The summed E-state index contributed by atoms with van der Waals surface area (Å²) < 4.78 is 6.19. The number of hydrogen-bond acceptors (Lipinski definition) is 3. The van der Waals surface area contributed by atoms with Crippen molar-refractivity contribution < 1.29 is 9.53 Å². The standard InChI is InChI=1S/C19H36N4O2/c1-5-15(2)21-18(20-14-17(24)23(3)4)22-16-9-12-25-19(13-16)10-7-6-8-11-19/h15-16H,5-14H2,1-4H3,(H2,20,21,22). The number of aliphatic imine (C=N–C) groups is 1. The summed E-state index contributed by atoms with van der Waals surface area (Å²) in [6, 6.07) is 0.681. The Labute approximate surface area is 152 Å².